The van der Waals surface area contributed by atoms with E-state index in [0.29, 0.717) is 12.0 Å². The van der Waals surface area contributed by atoms with Gasteiger partial charge in [0.1, 0.15) is 10.0 Å². The van der Waals surface area contributed by atoms with E-state index >= 15 is 0 Å². The van der Waals surface area contributed by atoms with Gasteiger partial charge in [-0.1, -0.05) is 13.8 Å². The molecule has 1 rings (SSSR count). The molecule has 0 bridgehead atoms. The molecule has 0 amide bonds. The first-order chi connectivity index (χ1) is 6.15. The van der Waals surface area contributed by atoms with Crippen molar-refractivity contribution in [3.05, 3.63) is 10.0 Å². The Hall–Kier alpha value is -0.480. The van der Waals surface area contributed by atoms with Crippen molar-refractivity contribution in [3.63, 3.8) is 0 Å². The highest BCUT2D eigenvalue weighted by Crippen LogP contribution is 2.22. The van der Waals surface area contributed by atoms with Crippen LogP contribution >= 0.6 is 11.3 Å². The maximum Gasteiger partial charge on any atom is 0.121 e. The summed E-state index contributed by atoms with van der Waals surface area (Å²) in [6, 6.07) is 0.470. The van der Waals surface area contributed by atoms with Crippen LogP contribution in [0.3, 0.4) is 0 Å². The molecule has 74 valence electrons. The predicted molar refractivity (Wildman–Crippen MR) is 56.2 cm³/mol. The van der Waals surface area contributed by atoms with E-state index in [9.17, 15) is 0 Å². The number of aryl methyl sites for hydroxylation is 1. The van der Waals surface area contributed by atoms with Crippen molar-refractivity contribution in [3.8, 4) is 0 Å². The lowest BCUT2D eigenvalue weighted by atomic mass is 10.1. The molecule has 4 heteroatoms. The fraction of sp³-hybridized carbons (Fsp3) is 0.778. The Morgan fingerprint density at radius 1 is 1.38 bits per heavy atom. The van der Waals surface area contributed by atoms with E-state index in [1.807, 2.05) is 6.92 Å². The summed E-state index contributed by atoms with van der Waals surface area (Å²) in [5.41, 5.74) is 0. The average Bonchev–Trinajstić information content (AvgIpc) is 2.51. The topological polar surface area (TPSA) is 37.8 Å². The summed E-state index contributed by atoms with van der Waals surface area (Å²) < 4.78 is 0. The van der Waals surface area contributed by atoms with Gasteiger partial charge in [-0.25, -0.2) is 0 Å². The van der Waals surface area contributed by atoms with Gasteiger partial charge >= 0.3 is 0 Å². The Morgan fingerprint density at radius 2 is 2.08 bits per heavy atom. The van der Waals surface area contributed by atoms with E-state index in [2.05, 4.69) is 36.3 Å². The molecule has 0 aromatic carbocycles. The number of hydrogen-bond donors (Lipinski definition) is 1. The van der Waals surface area contributed by atoms with E-state index in [0.717, 1.165) is 16.6 Å². The molecule has 1 aromatic heterocycles. The summed E-state index contributed by atoms with van der Waals surface area (Å²) >= 11 is 1.69. The minimum Gasteiger partial charge on any atom is -0.314 e. The van der Waals surface area contributed by atoms with E-state index in [1.165, 1.54) is 0 Å². The van der Waals surface area contributed by atoms with Crippen LogP contribution in [0.1, 0.15) is 36.7 Å². The van der Waals surface area contributed by atoms with E-state index in [1.54, 1.807) is 11.3 Å². The SMILES string of the molecule is CCNC(C)C(C)c1nnc(C)s1. The van der Waals surface area contributed by atoms with Gasteiger partial charge in [-0.05, 0) is 20.4 Å². The predicted octanol–water partition coefficient (Wildman–Crippen LogP) is 1.95. The maximum absolute atomic E-state index is 4.15. The zero-order valence-corrected chi connectivity index (χ0v) is 9.48. The summed E-state index contributed by atoms with van der Waals surface area (Å²) in [5, 5.41) is 13.7. The van der Waals surface area contributed by atoms with Crippen molar-refractivity contribution < 1.29 is 0 Å². The molecule has 13 heavy (non-hydrogen) atoms. The second kappa shape index (κ2) is 4.67. The van der Waals surface area contributed by atoms with Gasteiger partial charge in [0.15, 0.2) is 0 Å². The number of nitrogens with one attached hydrogen (secondary N) is 1. The van der Waals surface area contributed by atoms with E-state index < -0.39 is 0 Å². The summed E-state index contributed by atoms with van der Waals surface area (Å²) in [6.45, 7) is 9.49. The van der Waals surface area contributed by atoms with Crippen LogP contribution in [0, 0.1) is 6.92 Å². The van der Waals surface area contributed by atoms with Gasteiger partial charge < -0.3 is 5.32 Å². The molecule has 0 saturated carbocycles. The lowest BCUT2D eigenvalue weighted by Crippen LogP contribution is -2.30. The van der Waals surface area contributed by atoms with Gasteiger partial charge in [0, 0.05) is 12.0 Å². The minimum absolute atomic E-state index is 0.450. The molecule has 1 N–H and O–H groups in total. The minimum atomic E-state index is 0.450. The third-order valence-corrected chi connectivity index (χ3v) is 3.25. The third kappa shape index (κ3) is 2.74. The van der Waals surface area contributed by atoms with Gasteiger partial charge in [-0.15, -0.1) is 21.5 Å². The molecular formula is C9H17N3S. The molecule has 0 saturated heterocycles. The number of likely N-dealkylation sites (N-methyl/N-ethyl adjacent to an activating group) is 1. The molecule has 0 aliphatic carbocycles. The first-order valence-electron chi connectivity index (χ1n) is 4.68. The van der Waals surface area contributed by atoms with Crippen molar-refractivity contribution in [2.24, 2.45) is 0 Å². The van der Waals surface area contributed by atoms with Crippen molar-refractivity contribution in [1.29, 1.82) is 0 Å². The largest absolute Gasteiger partial charge is 0.314 e. The molecule has 0 aliphatic rings. The van der Waals surface area contributed by atoms with Crippen LogP contribution in [-0.4, -0.2) is 22.8 Å². The van der Waals surface area contributed by atoms with E-state index in [4.69, 9.17) is 0 Å². The van der Waals surface area contributed by atoms with Crippen LogP contribution in [0.25, 0.3) is 0 Å². The Morgan fingerprint density at radius 3 is 2.54 bits per heavy atom. The molecule has 3 nitrogen and oxygen atoms in total. The van der Waals surface area contributed by atoms with Gasteiger partial charge in [0.05, 0.1) is 0 Å². The van der Waals surface area contributed by atoms with Crippen LogP contribution in [0.5, 0.6) is 0 Å². The van der Waals surface area contributed by atoms with Crippen molar-refractivity contribution in [2.75, 3.05) is 6.54 Å². The number of nitrogens with zero attached hydrogens (tertiary/aromatic N) is 2. The summed E-state index contributed by atoms with van der Waals surface area (Å²) in [7, 11) is 0. The first-order valence-corrected chi connectivity index (χ1v) is 5.50. The summed E-state index contributed by atoms with van der Waals surface area (Å²) in [5.74, 6) is 0.450. The normalized spacial score (nSPS) is 15.7. The van der Waals surface area contributed by atoms with Crippen molar-refractivity contribution in [2.45, 2.75) is 39.7 Å². The molecule has 1 heterocycles. The molecule has 2 atom stereocenters. The smallest absolute Gasteiger partial charge is 0.121 e. The highest BCUT2D eigenvalue weighted by molar-refractivity contribution is 7.11. The number of rotatable bonds is 4. The fourth-order valence-electron chi connectivity index (χ4n) is 1.21. The Balaban J connectivity index is 2.61. The quantitative estimate of drug-likeness (QED) is 0.805. The van der Waals surface area contributed by atoms with Crippen LogP contribution < -0.4 is 5.32 Å². The number of aromatic nitrogens is 2. The molecule has 0 spiro atoms. The fourth-order valence-corrected chi connectivity index (χ4v) is 2.06. The highest BCUT2D eigenvalue weighted by Gasteiger charge is 2.16. The third-order valence-electron chi connectivity index (χ3n) is 2.21. The standard InChI is InChI=1S/C9H17N3S/c1-5-10-7(3)6(2)9-12-11-8(4)13-9/h6-7,10H,5H2,1-4H3. The van der Waals surface area contributed by atoms with E-state index in [-0.39, 0.29) is 0 Å². The Labute approximate surface area is 83.6 Å². The molecule has 0 radical (unpaired) electrons. The summed E-state index contributed by atoms with van der Waals surface area (Å²) in [6.07, 6.45) is 0. The van der Waals surface area contributed by atoms with Crippen molar-refractivity contribution in [1.82, 2.24) is 15.5 Å². The van der Waals surface area contributed by atoms with Gasteiger partial charge in [-0.3, -0.25) is 0 Å². The first kappa shape index (κ1) is 10.6. The van der Waals surface area contributed by atoms with Gasteiger partial charge in [0.25, 0.3) is 0 Å². The molecular weight excluding hydrogens is 182 g/mol. The van der Waals surface area contributed by atoms with Crippen LogP contribution in [-0.2, 0) is 0 Å². The monoisotopic (exact) mass is 199 g/mol. The summed E-state index contributed by atoms with van der Waals surface area (Å²) in [4.78, 5) is 0. The van der Waals surface area contributed by atoms with Gasteiger partial charge in [0.2, 0.25) is 0 Å². The zero-order chi connectivity index (χ0) is 9.84. The number of hydrogen-bond acceptors (Lipinski definition) is 4. The zero-order valence-electron chi connectivity index (χ0n) is 8.66. The Bertz CT molecular complexity index is 259. The highest BCUT2D eigenvalue weighted by atomic mass is 32.1. The molecule has 1 aromatic rings. The maximum atomic E-state index is 4.15. The van der Waals surface area contributed by atoms with Crippen LogP contribution in [0.2, 0.25) is 0 Å². The van der Waals surface area contributed by atoms with Crippen LogP contribution in [0.4, 0.5) is 0 Å². The molecule has 0 aliphatic heterocycles. The Kier molecular flexibility index (Phi) is 3.81. The van der Waals surface area contributed by atoms with Crippen LogP contribution in [0.15, 0.2) is 0 Å². The lowest BCUT2D eigenvalue weighted by molar-refractivity contribution is 0.491. The average molecular weight is 199 g/mol. The second-order valence-electron chi connectivity index (χ2n) is 3.29. The lowest BCUT2D eigenvalue weighted by Gasteiger charge is -2.17. The molecule has 2 unspecified atom stereocenters. The van der Waals surface area contributed by atoms with Gasteiger partial charge in [-0.2, -0.15) is 0 Å². The second-order valence-corrected chi connectivity index (χ2v) is 4.51. The van der Waals surface area contributed by atoms with Crippen molar-refractivity contribution >= 4 is 11.3 Å². The molecule has 0 fully saturated rings.